The highest BCUT2D eigenvalue weighted by Crippen LogP contribution is 2.53. The quantitative estimate of drug-likeness (QED) is 0.595. The zero-order chi connectivity index (χ0) is 10.9. The molecule has 0 aromatic rings. The fourth-order valence-corrected chi connectivity index (χ4v) is 2.78. The van der Waals surface area contributed by atoms with Gasteiger partial charge in [0.25, 0.3) is 0 Å². The van der Waals surface area contributed by atoms with Crippen molar-refractivity contribution in [2.75, 3.05) is 0 Å². The minimum absolute atomic E-state index is 0.542. The molecule has 84 valence electrons. The molecule has 1 fully saturated rings. The molecule has 14 heavy (non-hydrogen) atoms. The molecule has 1 rings (SSSR count). The van der Waals surface area contributed by atoms with Gasteiger partial charge in [-0.3, -0.25) is 0 Å². The lowest BCUT2D eigenvalue weighted by molar-refractivity contribution is 0.197. The van der Waals surface area contributed by atoms with Crippen LogP contribution in [-0.4, -0.2) is 0 Å². The molecule has 1 saturated carbocycles. The van der Waals surface area contributed by atoms with E-state index in [9.17, 15) is 0 Å². The molecule has 0 bridgehead atoms. The maximum Gasteiger partial charge on any atom is -0.0331 e. The largest absolute Gasteiger partial charge is 0.0651 e. The summed E-state index contributed by atoms with van der Waals surface area (Å²) in [7, 11) is 0. The van der Waals surface area contributed by atoms with E-state index in [-0.39, 0.29) is 0 Å². The fourth-order valence-electron chi connectivity index (χ4n) is 2.78. The summed E-state index contributed by atoms with van der Waals surface area (Å²) in [6.45, 7) is 14.4. The topological polar surface area (TPSA) is 0 Å². The van der Waals surface area contributed by atoms with Crippen LogP contribution in [-0.2, 0) is 0 Å². The molecule has 0 heterocycles. The molecular formula is C14H28. The van der Waals surface area contributed by atoms with Gasteiger partial charge in [-0.15, -0.1) is 0 Å². The van der Waals surface area contributed by atoms with Crippen LogP contribution in [0.3, 0.4) is 0 Å². The van der Waals surface area contributed by atoms with Gasteiger partial charge in [0.05, 0.1) is 0 Å². The van der Waals surface area contributed by atoms with E-state index in [0.717, 1.165) is 23.7 Å². The normalized spacial score (nSPS) is 34.3. The summed E-state index contributed by atoms with van der Waals surface area (Å²) >= 11 is 0. The van der Waals surface area contributed by atoms with Crippen LogP contribution in [0, 0.1) is 29.1 Å². The monoisotopic (exact) mass is 196 g/mol. The van der Waals surface area contributed by atoms with Crippen LogP contribution >= 0.6 is 0 Å². The van der Waals surface area contributed by atoms with E-state index >= 15 is 0 Å². The Hall–Kier alpha value is 0. The molecule has 4 unspecified atom stereocenters. The first kappa shape index (κ1) is 12.1. The Morgan fingerprint density at radius 2 is 1.71 bits per heavy atom. The van der Waals surface area contributed by atoms with Crippen LogP contribution in [0.2, 0.25) is 0 Å². The van der Waals surface area contributed by atoms with Gasteiger partial charge < -0.3 is 0 Å². The second-order valence-electron chi connectivity index (χ2n) is 6.07. The van der Waals surface area contributed by atoms with Crippen molar-refractivity contribution in [2.45, 2.75) is 60.8 Å². The molecule has 1 aliphatic rings. The van der Waals surface area contributed by atoms with Gasteiger partial charge in [0.1, 0.15) is 0 Å². The number of hydrogen-bond acceptors (Lipinski definition) is 0. The van der Waals surface area contributed by atoms with E-state index in [1.807, 2.05) is 0 Å². The van der Waals surface area contributed by atoms with Gasteiger partial charge >= 0.3 is 0 Å². The molecule has 0 aromatic heterocycles. The molecule has 0 spiro atoms. The van der Waals surface area contributed by atoms with Gasteiger partial charge in [-0.1, -0.05) is 54.4 Å². The van der Waals surface area contributed by atoms with Crippen LogP contribution in [0.4, 0.5) is 0 Å². The molecule has 0 aromatic carbocycles. The molecule has 1 aliphatic carbocycles. The number of hydrogen-bond donors (Lipinski definition) is 0. The second kappa shape index (κ2) is 4.24. The lowest BCUT2D eigenvalue weighted by atomic mass is 9.75. The predicted molar refractivity (Wildman–Crippen MR) is 64.3 cm³/mol. The van der Waals surface area contributed by atoms with E-state index in [1.165, 1.54) is 19.3 Å². The summed E-state index contributed by atoms with van der Waals surface area (Å²) in [5, 5.41) is 0. The van der Waals surface area contributed by atoms with Crippen molar-refractivity contribution in [3.63, 3.8) is 0 Å². The highest BCUT2D eigenvalue weighted by Gasteiger charge is 2.46. The Morgan fingerprint density at radius 1 is 1.14 bits per heavy atom. The third kappa shape index (κ3) is 2.32. The average molecular weight is 196 g/mol. The predicted octanol–water partition coefficient (Wildman–Crippen LogP) is 4.74. The van der Waals surface area contributed by atoms with Crippen molar-refractivity contribution in [3.8, 4) is 0 Å². The summed E-state index contributed by atoms with van der Waals surface area (Å²) in [4.78, 5) is 0. The van der Waals surface area contributed by atoms with E-state index in [4.69, 9.17) is 0 Å². The van der Waals surface area contributed by atoms with Gasteiger partial charge in [-0.05, 0) is 35.5 Å². The molecule has 0 nitrogen and oxygen atoms in total. The first-order valence-corrected chi connectivity index (χ1v) is 6.44. The smallest absolute Gasteiger partial charge is 0.0331 e. The Kier molecular flexibility index (Phi) is 3.66. The second-order valence-corrected chi connectivity index (χ2v) is 6.07. The standard InChI is InChI=1S/C14H28/c1-7-12-11(4)13(12)9-10(3)14(5,6)8-2/h10-13H,7-9H2,1-6H3. The Labute approximate surface area is 90.5 Å². The van der Waals surface area contributed by atoms with Gasteiger partial charge in [0.15, 0.2) is 0 Å². The van der Waals surface area contributed by atoms with Crippen molar-refractivity contribution in [3.05, 3.63) is 0 Å². The number of rotatable bonds is 5. The fraction of sp³-hybridized carbons (Fsp3) is 1.00. The van der Waals surface area contributed by atoms with E-state index < -0.39 is 0 Å². The molecule has 0 heteroatoms. The van der Waals surface area contributed by atoms with Crippen LogP contribution in [0.15, 0.2) is 0 Å². The molecule has 4 atom stereocenters. The van der Waals surface area contributed by atoms with Gasteiger partial charge in [-0.2, -0.15) is 0 Å². The molecule has 0 N–H and O–H groups in total. The zero-order valence-corrected chi connectivity index (χ0v) is 10.9. The van der Waals surface area contributed by atoms with Crippen molar-refractivity contribution in [2.24, 2.45) is 29.1 Å². The van der Waals surface area contributed by atoms with Crippen LogP contribution in [0.5, 0.6) is 0 Å². The summed E-state index contributed by atoms with van der Waals surface area (Å²) in [5.74, 6) is 3.98. The van der Waals surface area contributed by atoms with Crippen LogP contribution in [0.25, 0.3) is 0 Å². The summed E-state index contributed by atoms with van der Waals surface area (Å²) in [6.07, 6.45) is 4.16. The van der Waals surface area contributed by atoms with Crippen molar-refractivity contribution < 1.29 is 0 Å². The average Bonchev–Trinajstić information content (AvgIpc) is 2.76. The molecule has 0 radical (unpaired) electrons. The maximum absolute atomic E-state index is 2.45. The first-order chi connectivity index (χ1) is 6.44. The van der Waals surface area contributed by atoms with E-state index in [1.54, 1.807) is 0 Å². The molecule has 0 saturated heterocycles. The summed E-state index contributed by atoms with van der Waals surface area (Å²) in [5.41, 5.74) is 0.542. The molecule has 0 amide bonds. The Bertz CT molecular complexity index is 180. The van der Waals surface area contributed by atoms with Gasteiger partial charge in [0.2, 0.25) is 0 Å². The van der Waals surface area contributed by atoms with Gasteiger partial charge in [0, 0.05) is 0 Å². The third-order valence-corrected chi connectivity index (χ3v) is 5.10. The van der Waals surface area contributed by atoms with Gasteiger partial charge in [-0.25, -0.2) is 0 Å². The van der Waals surface area contributed by atoms with Crippen molar-refractivity contribution >= 4 is 0 Å². The maximum atomic E-state index is 2.45. The highest BCUT2D eigenvalue weighted by atomic mass is 14.5. The zero-order valence-electron chi connectivity index (χ0n) is 10.9. The van der Waals surface area contributed by atoms with E-state index in [0.29, 0.717) is 5.41 Å². The minimum atomic E-state index is 0.542. The van der Waals surface area contributed by atoms with Crippen molar-refractivity contribution in [1.29, 1.82) is 0 Å². The third-order valence-electron chi connectivity index (χ3n) is 5.10. The Balaban J connectivity index is 2.39. The summed E-state index contributed by atoms with van der Waals surface area (Å²) in [6, 6.07) is 0. The first-order valence-electron chi connectivity index (χ1n) is 6.44. The van der Waals surface area contributed by atoms with E-state index in [2.05, 4.69) is 41.5 Å². The minimum Gasteiger partial charge on any atom is -0.0651 e. The van der Waals surface area contributed by atoms with Crippen molar-refractivity contribution in [1.82, 2.24) is 0 Å². The summed E-state index contributed by atoms with van der Waals surface area (Å²) < 4.78 is 0. The van der Waals surface area contributed by atoms with Crippen LogP contribution in [0.1, 0.15) is 60.8 Å². The molecular weight excluding hydrogens is 168 g/mol. The molecule has 0 aliphatic heterocycles. The lowest BCUT2D eigenvalue weighted by Crippen LogP contribution is -2.21. The lowest BCUT2D eigenvalue weighted by Gasteiger charge is -2.31. The Morgan fingerprint density at radius 3 is 2.07 bits per heavy atom. The SMILES string of the molecule is CCC1C(C)C1CC(C)C(C)(C)CC. The highest BCUT2D eigenvalue weighted by molar-refractivity contribution is 4.95. The van der Waals surface area contributed by atoms with Crippen LogP contribution < -0.4 is 0 Å².